The summed E-state index contributed by atoms with van der Waals surface area (Å²) in [6.07, 6.45) is -1.55. The molecule has 0 heterocycles. The average Bonchev–Trinajstić information content (AvgIpc) is 2.81. The smallest absolute Gasteiger partial charge is 0.429 e. The number of benzene rings is 3. The first-order valence-corrected chi connectivity index (χ1v) is 11.9. The molecule has 1 fully saturated rings. The molecule has 4 rings (SSSR count). The van der Waals surface area contributed by atoms with Gasteiger partial charge in [-0.1, -0.05) is 31.6 Å². The summed E-state index contributed by atoms with van der Waals surface area (Å²) in [5.41, 5.74) is -2.78. The Kier molecular flexibility index (Phi) is 7.73. The summed E-state index contributed by atoms with van der Waals surface area (Å²) in [6.45, 7) is 3.26. The lowest BCUT2D eigenvalue weighted by atomic mass is 9.79. The monoisotopic (exact) mass is 538 g/mol. The Balaban J connectivity index is 1.58. The molecule has 0 aromatic heterocycles. The van der Waals surface area contributed by atoms with Crippen LogP contribution in [0.5, 0.6) is 5.75 Å². The second-order valence-corrected chi connectivity index (χ2v) is 9.51. The molecule has 3 aromatic carbocycles. The van der Waals surface area contributed by atoms with Gasteiger partial charge in [0.05, 0.1) is 5.56 Å². The van der Waals surface area contributed by atoms with E-state index in [4.69, 9.17) is 0 Å². The van der Waals surface area contributed by atoms with Gasteiger partial charge in [-0.25, -0.2) is 26.3 Å². The lowest BCUT2D eigenvalue weighted by molar-refractivity contribution is -0.189. The van der Waals surface area contributed by atoms with Crippen LogP contribution in [0, 0.1) is 59.6 Å². The van der Waals surface area contributed by atoms with Gasteiger partial charge in [0.25, 0.3) is 0 Å². The number of rotatable bonds is 4. The van der Waals surface area contributed by atoms with Crippen LogP contribution in [0.25, 0.3) is 0 Å². The third kappa shape index (κ3) is 5.79. The number of hydrogen-bond donors (Lipinski definition) is 0. The molecule has 1 aliphatic rings. The molecule has 1 nitrogen and oxygen atoms in total. The van der Waals surface area contributed by atoms with E-state index in [1.165, 1.54) is 6.92 Å². The van der Waals surface area contributed by atoms with Crippen molar-refractivity contribution >= 4 is 0 Å². The first kappa shape index (κ1) is 27.5. The molecule has 200 valence electrons. The van der Waals surface area contributed by atoms with Crippen molar-refractivity contribution in [1.82, 2.24) is 0 Å². The number of ether oxygens (including phenoxy) is 1. The van der Waals surface area contributed by atoms with E-state index in [1.54, 1.807) is 0 Å². The molecule has 9 heteroatoms. The summed E-state index contributed by atoms with van der Waals surface area (Å²) in [5.74, 6) is -4.25. The van der Waals surface area contributed by atoms with Gasteiger partial charge in [-0.3, -0.25) is 0 Å². The van der Waals surface area contributed by atoms with Crippen LogP contribution in [-0.2, 0) is 6.11 Å². The molecule has 0 radical (unpaired) electrons. The van der Waals surface area contributed by atoms with E-state index >= 15 is 0 Å². The molecule has 0 spiro atoms. The predicted octanol–water partition coefficient (Wildman–Crippen LogP) is 8.65. The average molecular weight is 538 g/mol. The highest BCUT2D eigenvalue weighted by Gasteiger charge is 2.42. The van der Waals surface area contributed by atoms with Gasteiger partial charge in [0.15, 0.2) is 0 Å². The Bertz CT molecular complexity index is 1360. The summed E-state index contributed by atoms with van der Waals surface area (Å²) in [5, 5.41) is 0. The third-order valence-corrected chi connectivity index (χ3v) is 6.72. The summed E-state index contributed by atoms with van der Waals surface area (Å²) >= 11 is 0. The maximum absolute atomic E-state index is 14.8. The Morgan fingerprint density at radius 1 is 0.711 bits per heavy atom. The van der Waals surface area contributed by atoms with Crippen molar-refractivity contribution in [3.05, 3.63) is 99.1 Å². The number of hydrogen-bond acceptors (Lipinski definition) is 1. The van der Waals surface area contributed by atoms with Crippen molar-refractivity contribution in [2.24, 2.45) is 5.92 Å². The van der Waals surface area contributed by atoms with Crippen LogP contribution in [0.3, 0.4) is 0 Å². The molecule has 0 N–H and O–H groups in total. The molecule has 3 aromatic rings. The fourth-order valence-electron chi connectivity index (χ4n) is 4.48. The molecule has 1 saturated carbocycles. The van der Waals surface area contributed by atoms with Gasteiger partial charge in [0.1, 0.15) is 46.2 Å². The highest BCUT2D eigenvalue weighted by atomic mass is 19.3. The topological polar surface area (TPSA) is 9.23 Å². The molecule has 1 aliphatic carbocycles. The van der Waals surface area contributed by atoms with Crippen LogP contribution < -0.4 is 4.74 Å². The standard InChI is InChI=1S/C29H22F8O/c1-15-3-6-18(7-4-15)19-11-26(34)28(27(35)12-19)29(36,37)38-20-13-24(32)21(25(33)14-20)8-5-17-9-22(30)16(2)23(31)10-17/h9-15,18H,3-4,6-7H2,1-2H3. The lowest BCUT2D eigenvalue weighted by Crippen LogP contribution is -2.26. The highest BCUT2D eigenvalue weighted by molar-refractivity contribution is 5.47. The van der Waals surface area contributed by atoms with Gasteiger partial charge in [-0.2, -0.15) is 8.78 Å². The molecule has 0 bridgehead atoms. The molecule has 0 atom stereocenters. The van der Waals surface area contributed by atoms with E-state index in [9.17, 15) is 35.1 Å². The molecule has 0 amide bonds. The van der Waals surface area contributed by atoms with E-state index < -0.39 is 57.9 Å². The number of halogens is 8. The zero-order chi connectivity index (χ0) is 27.8. The van der Waals surface area contributed by atoms with Crippen LogP contribution in [0.15, 0.2) is 36.4 Å². The zero-order valence-electron chi connectivity index (χ0n) is 20.4. The lowest BCUT2D eigenvalue weighted by Gasteiger charge is -2.27. The minimum absolute atomic E-state index is 0.163. The SMILES string of the molecule is Cc1c(F)cc(C#Cc2c(F)cc(OC(F)(F)c3c(F)cc(C4CCC(C)CC4)cc3F)cc2F)cc1F. The normalized spacial score (nSPS) is 17.6. The van der Waals surface area contributed by atoms with Crippen LogP contribution in [0.1, 0.15) is 66.3 Å². The van der Waals surface area contributed by atoms with Crippen LogP contribution in [0.4, 0.5) is 35.1 Å². The van der Waals surface area contributed by atoms with Gasteiger partial charge < -0.3 is 4.74 Å². The summed E-state index contributed by atoms with van der Waals surface area (Å²) in [6, 6.07) is 4.14. The molecule has 0 aliphatic heterocycles. The molecule has 38 heavy (non-hydrogen) atoms. The van der Waals surface area contributed by atoms with Gasteiger partial charge in [-0.05, 0) is 61.4 Å². The molecular weight excluding hydrogens is 516 g/mol. The van der Waals surface area contributed by atoms with Crippen molar-refractivity contribution in [3.63, 3.8) is 0 Å². The molecule has 0 unspecified atom stereocenters. The van der Waals surface area contributed by atoms with Gasteiger partial charge in [0, 0.05) is 23.3 Å². The second kappa shape index (κ2) is 10.7. The van der Waals surface area contributed by atoms with E-state index in [1.807, 2.05) is 0 Å². The van der Waals surface area contributed by atoms with E-state index in [2.05, 4.69) is 23.5 Å². The second-order valence-electron chi connectivity index (χ2n) is 9.51. The fraction of sp³-hybridized carbons (Fsp3) is 0.310. The third-order valence-electron chi connectivity index (χ3n) is 6.72. The number of alkyl halides is 2. The first-order chi connectivity index (χ1) is 17.9. The Hall–Kier alpha value is -3.54. The molecular formula is C29H22F8O. The summed E-state index contributed by atoms with van der Waals surface area (Å²) < 4.78 is 120. The van der Waals surface area contributed by atoms with E-state index in [0.29, 0.717) is 30.9 Å². The van der Waals surface area contributed by atoms with Gasteiger partial charge in [0.2, 0.25) is 0 Å². The fourth-order valence-corrected chi connectivity index (χ4v) is 4.48. The van der Waals surface area contributed by atoms with Crippen LogP contribution >= 0.6 is 0 Å². The predicted molar refractivity (Wildman–Crippen MR) is 125 cm³/mol. The zero-order valence-corrected chi connectivity index (χ0v) is 20.4. The van der Waals surface area contributed by atoms with E-state index in [0.717, 1.165) is 37.1 Å². The highest BCUT2D eigenvalue weighted by Crippen LogP contribution is 2.40. The van der Waals surface area contributed by atoms with Crippen molar-refractivity contribution in [1.29, 1.82) is 0 Å². The molecule has 0 saturated heterocycles. The van der Waals surface area contributed by atoms with Crippen molar-refractivity contribution < 1.29 is 39.9 Å². The van der Waals surface area contributed by atoms with Gasteiger partial charge in [-0.15, -0.1) is 0 Å². The minimum Gasteiger partial charge on any atom is -0.429 e. The largest absolute Gasteiger partial charge is 0.432 e. The quantitative estimate of drug-likeness (QED) is 0.239. The van der Waals surface area contributed by atoms with Crippen molar-refractivity contribution in [2.45, 2.75) is 51.6 Å². The Labute approximate surface area is 214 Å². The Morgan fingerprint density at radius 2 is 1.24 bits per heavy atom. The van der Waals surface area contributed by atoms with E-state index in [-0.39, 0.29) is 22.6 Å². The summed E-state index contributed by atoms with van der Waals surface area (Å²) in [4.78, 5) is 0. The Morgan fingerprint density at radius 3 is 1.76 bits per heavy atom. The first-order valence-electron chi connectivity index (χ1n) is 11.9. The summed E-state index contributed by atoms with van der Waals surface area (Å²) in [7, 11) is 0. The van der Waals surface area contributed by atoms with Crippen LogP contribution in [0.2, 0.25) is 0 Å². The van der Waals surface area contributed by atoms with Crippen LogP contribution in [-0.4, -0.2) is 0 Å². The minimum atomic E-state index is -4.60. The van der Waals surface area contributed by atoms with Crippen molar-refractivity contribution in [2.75, 3.05) is 0 Å². The van der Waals surface area contributed by atoms with Gasteiger partial charge >= 0.3 is 6.11 Å². The maximum atomic E-state index is 14.8. The van der Waals surface area contributed by atoms with Crippen molar-refractivity contribution in [3.8, 4) is 17.6 Å². The maximum Gasteiger partial charge on any atom is 0.432 e.